The number of nitrogens with zero attached hydrogens (tertiary/aromatic N) is 3. The number of hydrogen-bond donors (Lipinski definition) is 2. The van der Waals surface area contributed by atoms with Crippen LogP contribution in [0.25, 0.3) is 11.2 Å². The largest absolute Gasteiger partial charge is 0.364 e. The molecule has 90 valence electrons. The Morgan fingerprint density at radius 3 is 2.65 bits per heavy atom. The van der Waals surface area contributed by atoms with Gasteiger partial charge in [0.15, 0.2) is 5.65 Å². The van der Waals surface area contributed by atoms with Gasteiger partial charge in [-0.05, 0) is 32.9 Å². The van der Waals surface area contributed by atoms with Crippen LogP contribution < -0.4 is 11.1 Å². The van der Waals surface area contributed by atoms with Crippen molar-refractivity contribution in [3.05, 3.63) is 24.5 Å². The maximum atomic E-state index is 5.91. The molecule has 0 saturated heterocycles. The van der Waals surface area contributed by atoms with E-state index in [0.717, 1.165) is 11.3 Å². The maximum Gasteiger partial charge on any atom is 0.180 e. The van der Waals surface area contributed by atoms with Gasteiger partial charge in [0.1, 0.15) is 11.3 Å². The second kappa shape index (κ2) is 4.25. The van der Waals surface area contributed by atoms with Crippen LogP contribution >= 0.6 is 0 Å². The summed E-state index contributed by atoms with van der Waals surface area (Å²) in [6.07, 6.45) is 3.29. The Balaban J connectivity index is 2.31. The molecule has 17 heavy (non-hydrogen) atoms. The van der Waals surface area contributed by atoms with Crippen LogP contribution in [0.2, 0.25) is 0 Å². The van der Waals surface area contributed by atoms with Gasteiger partial charge in [-0.2, -0.15) is 0 Å². The number of nitrogens with one attached hydrogen (secondary N) is 1. The molecule has 2 heterocycles. The van der Waals surface area contributed by atoms with Crippen LogP contribution in [-0.4, -0.2) is 26.5 Å². The minimum atomic E-state index is -0.219. The van der Waals surface area contributed by atoms with Crippen molar-refractivity contribution >= 4 is 17.0 Å². The summed E-state index contributed by atoms with van der Waals surface area (Å²) in [7, 11) is 0. The summed E-state index contributed by atoms with van der Waals surface area (Å²) >= 11 is 0. The first-order chi connectivity index (χ1) is 7.99. The summed E-state index contributed by atoms with van der Waals surface area (Å²) in [6, 6.07) is 3.80. The van der Waals surface area contributed by atoms with Crippen molar-refractivity contribution in [2.75, 3.05) is 5.32 Å². The third kappa shape index (κ3) is 2.50. The molecule has 0 radical (unpaired) electrons. The second-order valence-electron chi connectivity index (χ2n) is 4.73. The van der Waals surface area contributed by atoms with E-state index >= 15 is 0 Å². The molecule has 2 rings (SSSR count). The standard InChI is InChI=1S/C12H17N5/c1-8(13)12(2,3)17-10-5-4-9-11(16-10)15-7-6-14-9/h4-8H,13H2,1-3H3,(H,15,16,17). The summed E-state index contributed by atoms with van der Waals surface area (Å²) in [6.45, 7) is 6.05. The lowest BCUT2D eigenvalue weighted by atomic mass is 9.97. The molecule has 5 heteroatoms. The van der Waals surface area contributed by atoms with E-state index < -0.39 is 0 Å². The fourth-order valence-corrected chi connectivity index (χ4v) is 1.37. The van der Waals surface area contributed by atoms with Crippen LogP contribution in [0.1, 0.15) is 20.8 Å². The Kier molecular flexibility index (Phi) is 2.93. The number of anilines is 1. The zero-order chi connectivity index (χ0) is 12.5. The van der Waals surface area contributed by atoms with E-state index in [-0.39, 0.29) is 11.6 Å². The summed E-state index contributed by atoms with van der Waals surface area (Å²) < 4.78 is 0. The maximum absolute atomic E-state index is 5.91. The zero-order valence-corrected chi connectivity index (χ0v) is 10.3. The molecule has 0 amide bonds. The number of fused-ring (bicyclic) bond motifs is 1. The van der Waals surface area contributed by atoms with Crippen molar-refractivity contribution in [3.63, 3.8) is 0 Å². The smallest absolute Gasteiger partial charge is 0.180 e. The predicted octanol–water partition coefficient (Wildman–Crippen LogP) is 1.56. The lowest BCUT2D eigenvalue weighted by Gasteiger charge is -2.30. The van der Waals surface area contributed by atoms with Crippen molar-refractivity contribution in [3.8, 4) is 0 Å². The number of pyridine rings is 1. The predicted molar refractivity (Wildman–Crippen MR) is 68.7 cm³/mol. The first kappa shape index (κ1) is 11.7. The summed E-state index contributed by atoms with van der Waals surface area (Å²) in [5.74, 6) is 0.764. The lowest BCUT2D eigenvalue weighted by Crippen LogP contribution is -2.47. The molecule has 1 atom stereocenters. The van der Waals surface area contributed by atoms with E-state index in [9.17, 15) is 0 Å². The third-order valence-electron chi connectivity index (χ3n) is 2.92. The van der Waals surface area contributed by atoms with E-state index in [4.69, 9.17) is 5.73 Å². The van der Waals surface area contributed by atoms with E-state index in [1.807, 2.05) is 32.9 Å². The van der Waals surface area contributed by atoms with Gasteiger partial charge in [-0.1, -0.05) is 0 Å². The molecule has 0 fully saturated rings. The summed E-state index contributed by atoms with van der Waals surface area (Å²) in [5.41, 5.74) is 7.12. The molecule has 5 nitrogen and oxygen atoms in total. The number of rotatable bonds is 3. The topological polar surface area (TPSA) is 76.7 Å². The average Bonchev–Trinajstić information content (AvgIpc) is 2.28. The van der Waals surface area contributed by atoms with Crippen molar-refractivity contribution in [2.24, 2.45) is 5.73 Å². The molecule has 2 aromatic rings. The molecule has 0 aliphatic carbocycles. The van der Waals surface area contributed by atoms with Gasteiger partial charge in [0.2, 0.25) is 0 Å². The molecule has 0 aliphatic heterocycles. The van der Waals surface area contributed by atoms with Crippen LogP contribution in [0.4, 0.5) is 5.82 Å². The van der Waals surface area contributed by atoms with E-state index in [0.29, 0.717) is 5.65 Å². The van der Waals surface area contributed by atoms with Gasteiger partial charge < -0.3 is 11.1 Å². The van der Waals surface area contributed by atoms with Gasteiger partial charge in [-0.25, -0.2) is 9.97 Å². The fraction of sp³-hybridized carbons (Fsp3) is 0.417. The minimum Gasteiger partial charge on any atom is -0.364 e. The lowest BCUT2D eigenvalue weighted by molar-refractivity contribution is 0.469. The normalized spacial score (nSPS) is 13.6. The van der Waals surface area contributed by atoms with Gasteiger partial charge in [0.05, 0.1) is 0 Å². The Bertz CT molecular complexity index is 521. The van der Waals surface area contributed by atoms with E-state index in [1.54, 1.807) is 12.4 Å². The first-order valence-electron chi connectivity index (χ1n) is 5.60. The zero-order valence-electron chi connectivity index (χ0n) is 10.3. The molecular formula is C12H17N5. The number of hydrogen-bond acceptors (Lipinski definition) is 5. The second-order valence-corrected chi connectivity index (χ2v) is 4.73. The van der Waals surface area contributed by atoms with Crippen LogP contribution in [-0.2, 0) is 0 Å². The number of aromatic nitrogens is 3. The van der Waals surface area contributed by atoms with Crippen molar-refractivity contribution < 1.29 is 0 Å². The summed E-state index contributed by atoms with van der Waals surface area (Å²) in [5, 5.41) is 3.31. The minimum absolute atomic E-state index is 0.0156. The van der Waals surface area contributed by atoms with Gasteiger partial charge >= 0.3 is 0 Å². The van der Waals surface area contributed by atoms with Gasteiger partial charge in [-0.15, -0.1) is 0 Å². The molecule has 3 N–H and O–H groups in total. The van der Waals surface area contributed by atoms with Crippen LogP contribution in [0.3, 0.4) is 0 Å². The van der Waals surface area contributed by atoms with Crippen molar-refractivity contribution in [2.45, 2.75) is 32.4 Å². The van der Waals surface area contributed by atoms with Gasteiger partial charge in [-0.3, -0.25) is 4.98 Å². The Labute approximate surface area is 100 Å². The highest BCUT2D eigenvalue weighted by Crippen LogP contribution is 2.17. The SMILES string of the molecule is CC(N)C(C)(C)Nc1ccc2nccnc2n1. The molecule has 0 bridgehead atoms. The highest BCUT2D eigenvalue weighted by Gasteiger charge is 2.22. The van der Waals surface area contributed by atoms with Crippen molar-refractivity contribution in [1.82, 2.24) is 15.0 Å². The monoisotopic (exact) mass is 231 g/mol. The molecule has 2 aromatic heterocycles. The molecule has 1 unspecified atom stereocenters. The van der Waals surface area contributed by atoms with E-state index in [1.165, 1.54) is 0 Å². The van der Waals surface area contributed by atoms with E-state index in [2.05, 4.69) is 20.3 Å². The Morgan fingerprint density at radius 1 is 1.24 bits per heavy atom. The van der Waals surface area contributed by atoms with Crippen LogP contribution in [0.5, 0.6) is 0 Å². The summed E-state index contributed by atoms with van der Waals surface area (Å²) in [4.78, 5) is 12.8. The molecule has 0 aliphatic rings. The first-order valence-corrected chi connectivity index (χ1v) is 5.60. The molecule has 0 saturated carbocycles. The van der Waals surface area contributed by atoms with Crippen LogP contribution in [0, 0.1) is 0 Å². The Hall–Kier alpha value is -1.75. The molecule has 0 aromatic carbocycles. The highest BCUT2D eigenvalue weighted by molar-refractivity contribution is 5.71. The van der Waals surface area contributed by atoms with Crippen LogP contribution in [0.15, 0.2) is 24.5 Å². The average molecular weight is 231 g/mol. The van der Waals surface area contributed by atoms with Gasteiger partial charge in [0.25, 0.3) is 0 Å². The quantitative estimate of drug-likeness (QED) is 0.838. The fourth-order valence-electron chi connectivity index (χ4n) is 1.37. The van der Waals surface area contributed by atoms with Crippen molar-refractivity contribution in [1.29, 1.82) is 0 Å². The molecular weight excluding hydrogens is 214 g/mol. The molecule has 0 spiro atoms. The highest BCUT2D eigenvalue weighted by atomic mass is 15.1. The Morgan fingerprint density at radius 2 is 1.94 bits per heavy atom. The third-order valence-corrected chi connectivity index (χ3v) is 2.92. The van der Waals surface area contributed by atoms with Gasteiger partial charge in [0, 0.05) is 24.0 Å². The number of nitrogens with two attached hydrogens (primary N) is 1.